The van der Waals surface area contributed by atoms with E-state index in [0.29, 0.717) is 18.2 Å². The maximum absolute atomic E-state index is 5.62. The van der Waals surface area contributed by atoms with E-state index in [1.807, 2.05) is 6.07 Å². The number of anilines is 2. The Morgan fingerprint density at radius 2 is 2.36 bits per heavy atom. The Morgan fingerprint density at radius 1 is 1.43 bits per heavy atom. The van der Waals surface area contributed by atoms with Crippen LogP contribution in [0.5, 0.6) is 0 Å². The zero-order chi connectivity index (χ0) is 9.80. The second-order valence-corrected chi connectivity index (χ2v) is 2.64. The van der Waals surface area contributed by atoms with Gasteiger partial charge in [0.05, 0.1) is 12.2 Å². The predicted octanol–water partition coefficient (Wildman–Crippen LogP) is 0.659. The quantitative estimate of drug-likeness (QED) is 0.740. The minimum absolute atomic E-state index is 0.455. The molecular formula is C8H9N5O. The van der Waals surface area contributed by atoms with Crippen LogP contribution in [-0.4, -0.2) is 15.1 Å². The summed E-state index contributed by atoms with van der Waals surface area (Å²) in [5.41, 5.74) is 6.38. The van der Waals surface area contributed by atoms with Crippen molar-refractivity contribution in [1.82, 2.24) is 15.1 Å². The molecule has 6 nitrogen and oxygen atoms in total. The van der Waals surface area contributed by atoms with Crippen LogP contribution < -0.4 is 11.1 Å². The van der Waals surface area contributed by atoms with Gasteiger partial charge < -0.3 is 15.6 Å². The first-order valence-corrected chi connectivity index (χ1v) is 4.06. The second-order valence-electron chi connectivity index (χ2n) is 2.64. The van der Waals surface area contributed by atoms with Crippen molar-refractivity contribution in [3.63, 3.8) is 0 Å². The lowest BCUT2D eigenvalue weighted by atomic mass is 10.4. The van der Waals surface area contributed by atoms with Crippen molar-refractivity contribution in [1.29, 1.82) is 0 Å². The van der Waals surface area contributed by atoms with Crippen molar-refractivity contribution >= 4 is 11.5 Å². The van der Waals surface area contributed by atoms with Crippen LogP contribution in [0.15, 0.2) is 29.2 Å². The summed E-state index contributed by atoms with van der Waals surface area (Å²) in [6.45, 7) is 0.465. The molecule has 3 N–H and O–H groups in total. The van der Waals surface area contributed by atoms with Crippen molar-refractivity contribution in [2.45, 2.75) is 6.54 Å². The average Bonchev–Trinajstić information content (AvgIpc) is 2.69. The molecule has 2 rings (SSSR count). The molecule has 2 aromatic heterocycles. The molecule has 0 spiro atoms. The molecule has 0 aliphatic carbocycles. The van der Waals surface area contributed by atoms with E-state index in [9.17, 15) is 0 Å². The predicted molar refractivity (Wildman–Crippen MR) is 50.3 cm³/mol. The van der Waals surface area contributed by atoms with Gasteiger partial charge in [0.2, 0.25) is 6.39 Å². The van der Waals surface area contributed by atoms with E-state index in [-0.39, 0.29) is 0 Å². The zero-order valence-electron chi connectivity index (χ0n) is 7.34. The van der Waals surface area contributed by atoms with E-state index in [4.69, 9.17) is 5.73 Å². The molecule has 0 saturated carbocycles. The molecule has 0 radical (unpaired) electrons. The normalized spacial score (nSPS) is 10.0. The highest BCUT2D eigenvalue weighted by Gasteiger charge is 2.00. The Kier molecular flexibility index (Phi) is 2.26. The first-order valence-electron chi connectivity index (χ1n) is 4.06. The van der Waals surface area contributed by atoms with Gasteiger partial charge in [-0.3, -0.25) is 0 Å². The Bertz CT molecular complexity index is 400. The van der Waals surface area contributed by atoms with E-state index in [1.165, 1.54) is 6.39 Å². The third-order valence-corrected chi connectivity index (χ3v) is 1.68. The molecule has 0 amide bonds. The van der Waals surface area contributed by atoms with Crippen LogP contribution in [0.25, 0.3) is 0 Å². The fourth-order valence-electron chi connectivity index (χ4n) is 1.01. The highest BCUT2D eigenvalue weighted by molar-refractivity contribution is 5.60. The number of aromatic nitrogens is 3. The SMILES string of the molecule is Nc1ncccc1NCc1ncon1. The second kappa shape index (κ2) is 3.73. The first kappa shape index (κ1) is 8.49. The van der Waals surface area contributed by atoms with E-state index in [2.05, 4.69) is 25.0 Å². The zero-order valence-corrected chi connectivity index (χ0v) is 7.34. The largest absolute Gasteiger partial charge is 0.382 e. The van der Waals surface area contributed by atoms with Crippen LogP contribution in [-0.2, 0) is 6.54 Å². The molecule has 0 saturated heterocycles. The molecule has 0 unspecified atom stereocenters. The van der Waals surface area contributed by atoms with Gasteiger partial charge in [-0.1, -0.05) is 5.16 Å². The van der Waals surface area contributed by atoms with Gasteiger partial charge in [0, 0.05) is 6.20 Å². The minimum atomic E-state index is 0.455. The summed E-state index contributed by atoms with van der Waals surface area (Å²) in [7, 11) is 0. The molecule has 2 aromatic rings. The van der Waals surface area contributed by atoms with E-state index in [1.54, 1.807) is 12.3 Å². The smallest absolute Gasteiger partial charge is 0.213 e. The lowest BCUT2D eigenvalue weighted by molar-refractivity contribution is 0.411. The van der Waals surface area contributed by atoms with Gasteiger partial charge in [0.25, 0.3) is 0 Å². The Morgan fingerprint density at radius 3 is 3.07 bits per heavy atom. The maximum atomic E-state index is 5.62. The van der Waals surface area contributed by atoms with Gasteiger partial charge in [0.15, 0.2) is 5.82 Å². The number of hydrogen-bond donors (Lipinski definition) is 2. The summed E-state index contributed by atoms with van der Waals surface area (Å²) >= 11 is 0. The van der Waals surface area contributed by atoms with Gasteiger partial charge in [-0.05, 0) is 12.1 Å². The average molecular weight is 191 g/mol. The molecule has 14 heavy (non-hydrogen) atoms. The van der Waals surface area contributed by atoms with Crippen LogP contribution in [0.1, 0.15) is 5.82 Å². The molecule has 2 heterocycles. The molecule has 0 aromatic carbocycles. The van der Waals surface area contributed by atoms with Crippen molar-refractivity contribution in [2.75, 3.05) is 11.1 Å². The summed E-state index contributed by atoms with van der Waals surface area (Å²) in [6, 6.07) is 3.64. The molecular weight excluding hydrogens is 182 g/mol. The molecule has 0 aliphatic heterocycles. The summed E-state index contributed by atoms with van der Waals surface area (Å²) in [5, 5.41) is 6.69. The summed E-state index contributed by atoms with van der Waals surface area (Å²) in [4.78, 5) is 7.79. The van der Waals surface area contributed by atoms with Gasteiger partial charge in [0.1, 0.15) is 5.82 Å². The van der Waals surface area contributed by atoms with E-state index >= 15 is 0 Å². The number of nitrogens with zero attached hydrogens (tertiary/aromatic N) is 3. The number of nitrogens with two attached hydrogens (primary N) is 1. The van der Waals surface area contributed by atoms with Gasteiger partial charge in [-0.15, -0.1) is 0 Å². The molecule has 0 bridgehead atoms. The van der Waals surface area contributed by atoms with Crippen LogP contribution in [0.4, 0.5) is 11.5 Å². The van der Waals surface area contributed by atoms with E-state index < -0.39 is 0 Å². The van der Waals surface area contributed by atoms with Gasteiger partial charge in [-0.25, -0.2) is 4.98 Å². The molecule has 0 fully saturated rings. The van der Waals surface area contributed by atoms with Crippen LogP contribution in [0.2, 0.25) is 0 Å². The Hall–Kier alpha value is -2.11. The lowest BCUT2D eigenvalue weighted by Gasteiger charge is -2.04. The summed E-state index contributed by atoms with van der Waals surface area (Å²) < 4.78 is 4.59. The molecule has 72 valence electrons. The van der Waals surface area contributed by atoms with Crippen LogP contribution in [0, 0.1) is 0 Å². The van der Waals surface area contributed by atoms with E-state index in [0.717, 1.165) is 5.69 Å². The van der Waals surface area contributed by atoms with Crippen molar-refractivity contribution in [2.24, 2.45) is 0 Å². The van der Waals surface area contributed by atoms with Crippen molar-refractivity contribution in [3.8, 4) is 0 Å². The van der Waals surface area contributed by atoms with Gasteiger partial charge >= 0.3 is 0 Å². The summed E-state index contributed by atoms with van der Waals surface area (Å²) in [6.07, 6.45) is 2.92. The minimum Gasteiger partial charge on any atom is -0.382 e. The molecule has 0 atom stereocenters. The van der Waals surface area contributed by atoms with Gasteiger partial charge in [-0.2, -0.15) is 4.98 Å². The standard InChI is InChI=1S/C8H9N5O/c9-8-6(2-1-3-10-8)11-4-7-12-5-14-13-7/h1-3,5,11H,4H2,(H2,9,10). The number of nitrogens with one attached hydrogen (secondary N) is 1. The Labute approximate surface area is 80.1 Å². The van der Waals surface area contributed by atoms with Crippen molar-refractivity contribution < 1.29 is 4.52 Å². The fourth-order valence-corrected chi connectivity index (χ4v) is 1.01. The lowest BCUT2D eigenvalue weighted by Crippen LogP contribution is -2.04. The number of nitrogen functional groups attached to an aromatic ring is 1. The first-order chi connectivity index (χ1) is 6.86. The molecule has 0 aliphatic rings. The summed E-state index contributed by atoms with van der Waals surface area (Å²) in [5.74, 6) is 1.03. The van der Waals surface area contributed by atoms with Crippen molar-refractivity contribution in [3.05, 3.63) is 30.5 Å². The highest BCUT2D eigenvalue weighted by atomic mass is 16.5. The molecule has 6 heteroatoms. The van der Waals surface area contributed by atoms with Crippen LogP contribution in [0.3, 0.4) is 0 Å². The number of hydrogen-bond acceptors (Lipinski definition) is 6. The maximum Gasteiger partial charge on any atom is 0.213 e. The Balaban J connectivity index is 2.02. The van der Waals surface area contributed by atoms with Crippen LogP contribution >= 0.6 is 0 Å². The third-order valence-electron chi connectivity index (χ3n) is 1.68. The number of rotatable bonds is 3. The monoisotopic (exact) mass is 191 g/mol. The number of pyridine rings is 1. The topological polar surface area (TPSA) is 89.9 Å². The highest BCUT2D eigenvalue weighted by Crippen LogP contribution is 2.13. The third kappa shape index (κ3) is 1.79. The fraction of sp³-hybridized carbons (Fsp3) is 0.125.